The molecule has 1 spiro atoms. The van der Waals surface area contributed by atoms with Crippen molar-refractivity contribution in [2.45, 2.75) is 77.0 Å². The Hall–Kier alpha value is -1.25. The molecule has 0 bridgehead atoms. The topological polar surface area (TPSA) is 46.5 Å². The average Bonchev–Trinajstić information content (AvgIpc) is 2.83. The van der Waals surface area contributed by atoms with Crippen LogP contribution in [0.5, 0.6) is 0 Å². The molecule has 0 aliphatic heterocycles. The van der Waals surface area contributed by atoms with Gasteiger partial charge in [0, 0.05) is 6.42 Å². The minimum absolute atomic E-state index is 0.253. The Labute approximate surface area is 146 Å². The van der Waals surface area contributed by atoms with Gasteiger partial charge in [-0.15, -0.1) is 0 Å². The summed E-state index contributed by atoms with van der Waals surface area (Å²) >= 11 is 0. The molecule has 3 aliphatic carbocycles. The third-order valence-corrected chi connectivity index (χ3v) is 6.34. The van der Waals surface area contributed by atoms with Crippen LogP contribution in [0.25, 0.3) is 0 Å². The highest BCUT2D eigenvalue weighted by Gasteiger charge is 2.39. The molecule has 3 nitrogen and oxygen atoms in total. The number of rotatable bonds is 6. The Morgan fingerprint density at radius 1 is 1.21 bits per heavy atom. The van der Waals surface area contributed by atoms with E-state index in [1.165, 1.54) is 57.8 Å². The van der Waals surface area contributed by atoms with Crippen molar-refractivity contribution in [3.05, 3.63) is 24.0 Å². The van der Waals surface area contributed by atoms with Gasteiger partial charge < -0.3 is 9.84 Å². The molecule has 24 heavy (non-hydrogen) atoms. The molecule has 3 rings (SSSR count). The highest BCUT2D eigenvalue weighted by Crippen LogP contribution is 2.50. The van der Waals surface area contributed by atoms with E-state index >= 15 is 0 Å². The lowest BCUT2D eigenvalue weighted by molar-refractivity contribution is -0.137. The number of carbonyl (C=O) groups is 1. The second-order valence-electron chi connectivity index (χ2n) is 8.23. The molecular weight excluding hydrogens is 300 g/mol. The third-order valence-electron chi connectivity index (χ3n) is 6.34. The maximum atomic E-state index is 10.6. The van der Waals surface area contributed by atoms with Crippen LogP contribution in [0.1, 0.15) is 77.0 Å². The fourth-order valence-corrected chi connectivity index (χ4v) is 4.89. The first kappa shape index (κ1) is 17.6. The average molecular weight is 332 g/mol. The van der Waals surface area contributed by atoms with Crippen LogP contribution in [-0.2, 0) is 9.53 Å². The van der Waals surface area contributed by atoms with Crippen LogP contribution in [0.15, 0.2) is 24.0 Å². The molecule has 0 radical (unpaired) electrons. The lowest BCUT2D eigenvalue weighted by Crippen LogP contribution is -2.17. The highest BCUT2D eigenvalue weighted by atomic mass is 16.5. The summed E-state index contributed by atoms with van der Waals surface area (Å²) in [7, 11) is 0. The van der Waals surface area contributed by atoms with Gasteiger partial charge in [-0.05, 0) is 74.3 Å². The Kier molecular flexibility index (Phi) is 6.02. The molecule has 134 valence electrons. The Morgan fingerprint density at radius 2 is 2.00 bits per heavy atom. The van der Waals surface area contributed by atoms with Gasteiger partial charge >= 0.3 is 5.97 Å². The van der Waals surface area contributed by atoms with E-state index in [9.17, 15) is 4.79 Å². The number of carboxylic acids is 1. The van der Waals surface area contributed by atoms with E-state index in [0.29, 0.717) is 11.3 Å². The van der Waals surface area contributed by atoms with Crippen LogP contribution in [0.2, 0.25) is 0 Å². The lowest BCUT2D eigenvalue weighted by atomic mass is 9.78. The largest absolute Gasteiger partial charge is 0.494 e. The highest BCUT2D eigenvalue weighted by molar-refractivity contribution is 5.66. The minimum Gasteiger partial charge on any atom is -0.494 e. The molecule has 1 N–H and O–H groups in total. The van der Waals surface area contributed by atoms with Crippen LogP contribution >= 0.6 is 0 Å². The van der Waals surface area contributed by atoms with Crippen molar-refractivity contribution in [2.24, 2.45) is 17.3 Å². The van der Waals surface area contributed by atoms with Crippen LogP contribution in [0, 0.1) is 17.3 Å². The Balaban J connectivity index is 1.39. The fourth-order valence-electron chi connectivity index (χ4n) is 4.89. The van der Waals surface area contributed by atoms with Crippen molar-refractivity contribution in [3.8, 4) is 0 Å². The summed E-state index contributed by atoms with van der Waals surface area (Å²) in [5.41, 5.74) is 0.642. The third kappa shape index (κ3) is 4.87. The molecule has 2 unspecified atom stereocenters. The number of hydrogen-bond donors (Lipinski definition) is 1. The van der Waals surface area contributed by atoms with Crippen molar-refractivity contribution < 1.29 is 14.6 Å². The monoisotopic (exact) mass is 332 g/mol. The van der Waals surface area contributed by atoms with Crippen LogP contribution in [0.3, 0.4) is 0 Å². The fraction of sp³-hybridized carbons (Fsp3) is 0.762. The van der Waals surface area contributed by atoms with Gasteiger partial charge in [-0.2, -0.15) is 0 Å². The number of carboxylic acid groups (broad SMARTS) is 1. The van der Waals surface area contributed by atoms with Crippen molar-refractivity contribution in [1.82, 2.24) is 0 Å². The molecule has 3 heteroatoms. The standard InChI is InChI=1S/C21H32O3/c22-20(23)10-7-17-5-8-19(9-6-17)24-16-18-11-14-21(15-18)12-3-1-2-4-13-21/h5,8-9,17-18H,1-4,6-7,10-16H2,(H,22,23). The smallest absolute Gasteiger partial charge is 0.303 e. The number of aliphatic carboxylic acids is 1. The predicted molar refractivity (Wildman–Crippen MR) is 95.6 cm³/mol. The number of allylic oxidation sites excluding steroid dienone is 3. The Bertz CT molecular complexity index is 483. The molecule has 3 aliphatic rings. The molecule has 0 aromatic carbocycles. The van der Waals surface area contributed by atoms with E-state index in [-0.39, 0.29) is 6.42 Å². The van der Waals surface area contributed by atoms with Gasteiger partial charge in [0.25, 0.3) is 0 Å². The van der Waals surface area contributed by atoms with Gasteiger partial charge in [-0.1, -0.05) is 31.8 Å². The predicted octanol–water partition coefficient (Wildman–Crippen LogP) is 5.47. The SMILES string of the molecule is O=C(O)CCC1C=CC(OCC2CCC3(CCCCCC3)C2)=CC1. The van der Waals surface area contributed by atoms with Crippen LogP contribution < -0.4 is 0 Å². The molecular formula is C21H32O3. The first-order chi connectivity index (χ1) is 11.7. The van der Waals surface area contributed by atoms with Crippen molar-refractivity contribution in [2.75, 3.05) is 6.61 Å². The normalized spacial score (nSPS) is 29.2. The zero-order chi connectivity index (χ0) is 16.8. The number of ether oxygens (including phenoxy) is 1. The zero-order valence-corrected chi connectivity index (χ0v) is 14.8. The number of hydrogen-bond acceptors (Lipinski definition) is 2. The van der Waals surface area contributed by atoms with Crippen LogP contribution in [-0.4, -0.2) is 17.7 Å². The molecule has 0 saturated heterocycles. The molecule has 0 heterocycles. The van der Waals surface area contributed by atoms with E-state index in [1.54, 1.807) is 0 Å². The zero-order valence-electron chi connectivity index (χ0n) is 14.8. The van der Waals surface area contributed by atoms with Crippen molar-refractivity contribution in [3.63, 3.8) is 0 Å². The minimum atomic E-state index is -0.705. The first-order valence-corrected chi connectivity index (χ1v) is 9.88. The first-order valence-electron chi connectivity index (χ1n) is 9.88. The van der Waals surface area contributed by atoms with Crippen LogP contribution in [0.4, 0.5) is 0 Å². The second-order valence-corrected chi connectivity index (χ2v) is 8.23. The van der Waals surface area contributed by atoms with Gasteiger partial charge in [-0.3, -0.25) is 4.79 Å². The molecule has 2 fully saturated rings. The quantitative estimate of drug-likeness (QED) is 0.701. The second kappa shape index (κ2) is 8.22. The van der Waals surface area contributed by atoms with E-state index in [4.69, 9.17) is 9.84 Å². The van der Waals surface area contributed by atoms with E-state index < -0.39 is 5.97 Å². The molecule has 0 aromatic heterocycles. The van der Waals surface area contributed by atoms with Gasteiger partial charge in [0.15, 0.2) is 0 Å². The summed E-state index contributed by atoms with van der Waals surface area (Å²) in [4.78, 5) is 10.6. The van der Waals surface area contributed by atoms with E-state index in [0.717, 1.165) is 31.1 Å². The summed E-state index contributed by atoms with van der Waals surface area (Å²) in [5.74, 6) is 1.36. The Morgan fingerprint density at radius 3 is 2.67 bits per heavy atom. The lowest BCUT2D eigenvalue weighted by Gasteiger charge is -2.28. The van der Waals surface area contributed by atoms with Crippen molar-refractivity contribution in [1.29, 1.82) is 0 Å². The molecule has 2 atom stereocenters. The molecule has 0 aromatic rings. The summed E-state index contributed by atoms with van der Waals surface area (Å²) < 4.78 is 6.06. The van der Waals surface area contributed by atoms with E-state index in [2.05, 4.69) is 12.2 Å². The van der Waals surface area contributed by atoms with E-state index in [1.807, 2.05) is 6.08 Å². The van der Waals surface area contributed by atoms with Gasteiger partial charge in [-0.25, -0.2) is 0 Å². The van der Waals surface area contributed by atoms with Gasteiger partial charge in [0.05, 0.1) is 6.61 Å². The summed E-state index contributed by atoms with van der Waals surface area (Å²) in [6.07, 6.45) is 20.9. The molecule has 0 amide bonds. The van der Waals surface area contributed by atoms with Gasteiger partial charge in [0.2, 0.25) is 0 Å². The molecule has 2 saturated carbocycles. The maximum Gasteiger partial charge on any atom is 0.303 e. The summed E-state index contributed by atoms with van der Waals surface area (Å²) in [6.45, 7) is 0.859. The van der Waals surface area contributed by atoms with Crippen molar-refractivity contribution >= 4 is 5.97 Å². The van der Waals surface area contributed by atoms with Gasteiger partial charge in [0.1, 0.15) is 5.76 Å². The summed E-state index contributed by atoms with van der Waals surface area (Å²) in [6, 6.07) is 0. The maximum absolute atomic E-state index is 10.6. The summed E-state index contributed by atoms with van der Waals surface area (Å²) in [5, 5.41) is 8.76.